The first-order valence-corrected chi connectivity index (χ1v) is 8.31. The van der Waals surface area contributed by atoms with E-state index in [1.165, 1.54) is 0 Å². The first-order valence-electron chi connectivity index (χ1n) is 8.31. The second-order valence-electron chi connectivity index (χ2n) is 5.76. The summed E-state index contributed by atoms with van der Waals surface area (Å²) in [5.41, 5.74) is 2.73. The molecule has 0 aliphatic heterocycles. The number of ether oxygens (including phenoxy) is 2. The van der Waals surface area contributed by atoms with Gasteiger partial charge in [-0.25, -0.2) is 9.31 Å². The average molecular weight is 347 g/mol. The van der Waals surface area contributed by atoms with Crippen LogP contribution in [-0.4, -0.2) is 34.5 Å². The van der Waals surface area contributed by atoms with Gasteiger partial charge in [-0.3, -0.25) is 0 Å². The van der Waals surface area contributed by atoms with Crippen molar-refractivity contribution in [3.8, 4) is 17.0 Å². The molecular formula is C20H17N3O3. The van der Waals surface area contributed by atoms with Crippen LogP contribution in [0.4, 0.5) is 0 Å². The van der Waals surface area contributed by atoms with E-state index < -0.39 is 5.97 Å². The highest BCUT2D eigenvalue weighted by molar-refractivity contribution is 6.05. The van der Waals surface area contributed by atoms with Crippen molar-refractivity contribution in [2.75, 3.05) is 13.7 Å². The Balaban J connectivity index is 2.01. The third-order valence-electron chi connectivity index (χ3n) is 4.25. The number of nitrogens with zero attached hydrogens (tertiary/aromatic N) is 3. The highest BCUT2D eigenvalue weighted by atomic mass is 16.5. The van der Waals surface area contributed by atoms with Crippen molar-refractivity contribution in [2.24, 2.45) is 0 Å². The number of aromatic nitrogens is 3. The van der Waals surface area contributed by atoms with Gasteiger partial charge in [0.1, 0.15) is 17.0 Å². The lowest BCUT2D eigenvalue weighted by atomic mass is 10.1. The lowest BCUT2D eigenvalue weighted by molar-refractivity contribution is 0.0516. The standard InChI is InChI=1S/C20H17N3O3/c1-3-26-20(24)17-12-14-6-4-5-7-16(14)19-18(21-22-23(17)19)13-8-10-15(25-2)11-9-13/h4-12H,3H2,1-2H3. The van der Waals surface area contributed by atoms with E-state index in [1.807, 2.05) is 48.5 Å². The molecule has 0 atom stereocenters. The third kappa shape index (κ3) is 2.56. The Bertz CT molecular complexity index is 1100. The number of rotatable bonds is 4. The molecule has 0 N–H and O–H groups in total. The predicted molar refractivity (Wildman–Crippen MR) is 98.4 cm³/mol. The maximum absolute atomic E-state index is 12.4. The van der Waals surface area contributed by atoms with Gasteiger partial charge in [-0.1, -0.05) is 29.5 Å². The van der Waals surface area contributed by atoms with Crippen LogP contribution in [0, 0.1) is 0 Å². The Labute approximate surface area is 150 Å². The third-order valence-corrected chi connectivity index (χ3v) is 4.25. The van der Waals surface area contributed by atoms with E-state index >= 15 is 0 Å². The number of carbonyl (C=O) groups excluding carboxylic acids is 1. The molecule has 0 saturated heterocycles. The maximum atomic E-state index is 12.4. The summed E-state index contributed by atoms with van der Waals surface area (Å²) in [6.45, 7) is 2.08. The Hall–Kier alpha value is -3.41. The lowest BCUT2D eigenvalue weighted by Crippen LogP contribution is -2.11. The van der Waals surface area contributed by atoms with Gasteiger partial charge in [0.15, 0.2) is 5.69 Å². The van der Waals surface area contributed by atoms with Crippen LogP contribution in [0.2, 0.25) is 0 Å². The minimum Gasteiger partial charge on any atom is -0.497 e. The van der Waals surface area contributed by atoms with Crippen LogP contribution in [-0.2, 0) is 4.74 Å². The van der Waals surface area contributed by atoms with Crippen LogP contribution in [0.1, 0.15) is 17.4 Å². The van der Waals surface area contributed by atoms with E-state index in [0.29, 0.717) is 18.0 Å². The SMILES string of the molecule is CCOC(=O)c1cc2ccccc2c2c(-c3ccc(OC)cc3)nnn12. The minimum absolute atomic E-state index is 0.299. The molecule has 0 unspecified atom stereocenters. The van der Waals surface area contributed by atoms with Crippen LogP contribution in [0.25, 0.3) is 27.5 Å². The molecule has 6 nitrogen and oxygen atoms in total. The van der Waals surface area contributed by atoms with Crippen LogP contribution in [0.5, 0.6) is 5.75 Å². The molecule has 0 fully saturated rings. The summed E-state index contributed by atoms with van der Waals surface area (Å²) >= 11 is 0. The molecule has 130 valence electrons. The van der Waals surface area contributed by atoms with Crippen molar-refractivity contribution in [1.29, 1.82) is 0 Å². The summed E-state index contributed by atoms with van der Waals surface area (Å²) in [5.74, 6) is 0.344. The van der Waals surface area contributed by atoms with Gasteiger partial charge in [0.05, 0.1) is 13.7 Å². The molecule has 0 spiro atoms. The number of hydrogen-bond acceptors (Lipinski definition) is 5. The largest absolute Gasteiger partial charge is 0.497 e. The molecule has 0 amide bonds. The molecule has 0 bridgehead atoms. The van der Waals surface area contributed by atoms with Gasteiger partial charge in [-0.15, -0.1) is 5.10 Å². The molecule has 0 aliphatic rings. The number of hydrogen-bond donors (Lipinski definition) is 0. The summed E-state index contributed by atoms with van der Waals surface area (Å²) in [7, 11) is 1.63. The number of benzene rings is 2. The van der Waals surface area contributed by atoms with E-state index in [2.05, 4.69) is 10.3 Å². The molecule has 2 aromatic heterocycles. The van der Waals surface area contributed by atoms with Crippen molar-refractivity contribution in [2.45, 2.75) is 6.92 Å². The number of esters is 1. The van der Waals surface area contributed by atoms with Crippen molar-refractivity contribution >= 4 is 22.3 Å². The van der Waals surface area contributed by atoms with Crippen molar-refractivity contribution in [3.63, 3.8) is 0 Å². The predicted octanol–water partition coefficient (Wildman–Crippen LogP) is 3.73. The summed E-state index contributed by atoms with van der Waals surface area (Å²) < 4.78 is 12.0. The monoisotopic (exact) mass is 347 g/mol. The molecule has 0 aliphatic carbocycles. The van der Waals surface area contributed by atoms with Gasteiger partial charge in [0.25, 0.3) is 0 Å². The molecule has 2 heterocycles. The Morgan fingerprint density at radius 1 is 1.12 bits per heavy atom. The van der Waals surface area contributed by atoms with Crippen molar-refractivity contribution < 1.29 is 14.3 Å². The molecular weight excluding hydrogens is 330 g/mol. The fraction of sp³-hybridized carbons (Fsp3) is 0.150. The molecule has 0 saturated carbocycles. The summed E-state index contributed by atoms with van der Waals surface area (Å²) in [4.78, 5) is 12.4. The van der Waals surface area contributed by atoms with Crippen LogP contribution in [0.15, 0.2) is 54.6 Å². The second-order valence-corrected chi connectivity index (χ2v) is 5.76. The van der Waals surface area contributed by atoms with Crippen molar-refractivity contribution in [1.82, 2.24) is 14.8 Å². The van der Waals surface area contributed by atoms with E-state index in [-0.39, 0.29) is 0 Å². The van der Waals surface area contributed by atoms with Gasteiger partial charge in [0.2, 0.25) is 0 Å². The zero-order valence-corrected chi connectivity index (χ0v) is 14.5. The summed E-state index contributed by atoms with van der Waals surface area (Å²) in [5, 5.41) is 10.5. The first kappa shape index (κ1) is 16.1. The van der Waals surface area contributed by atoms with Crippen LogP contribution in [0.3, 0.4) is 0 Å². The minimum atomic E-state index is -0.422. The van der Waals surface area contributed by atoms with Gasteiger partial charge >= 0.3 is 5.97 Å². The fourth-order valence-electron chi connectivity index (χ4n) is 3.03. The number of pyridine rings is 1. The molecule has 6 heteroatoms. The molecule has 4 aromatic rings. The topological polar surface area (TPSA) is 65.7 Å². The van der Waals surface area contributed by atoms with Gasteiger partial charge in [-0.2, -0.15) is 0 Å². The zero-order valence-electron chi connectivity index (χ0n) is 14.5. The van der Waals surface area contributed by atoms with Crippen LogP contribution < -0.4 is 4.74 Å². The van der Waals surface area contributed by atoms with E-state index in [0.717, 1.165) is 27.6 Å². The fourth-order valence-corrected chi connectivity index (χ4v) is 3.03. The van der Waals surface area contributed by atoms with Crippen molar-refractivity contribution in [3.05, 3.63) is 60.3 Å². The summed E-state index contributed by atoms with van der Waals surface area (Å²) in [6, 6.07) is 17.2. The van der Waals surface area contributed by atoms with Gasteiger partial charge < -0.3 is 9.47 Å². The lowest BCUT2D eigenvalue weighted by Gasteiger charge is -2.08. The smallest absolute Gasteiger partial charge is 0.357 e. The van der Waals surface area contributed by atoms with E-state index in [9.17, 15) is 4.79 Å². The second kappa shape index (κ2) is 6.48. The number of carbonyl (C=O) groups is 1. The van der Waals surface area contributed by atoms with Gasteiger partial charge in [-0.05, 0) is 42.6 Å². The Kier molecular flexibility index (Phi) is 4.01. The number of methoxy groups -OCH3 is 1. The van der Waals surface area contributed by atoms with E-state index in [4.69, 9.17) is 9.47 Å². The zero-order chi connectivity index (χ0) is 18.1. The Morgan fingerprint density at radius 3 is 2.62 bits per heavy atom. The molecule has 0 radical (unpaired) electrons. The molecule has 2 aromatic carbocycles. The molecule has 4 rings (SSSR count). The number of fused-ring (bicyclic) bond motifs is 3. The van der Waals surface area contributed by atoms with Gasteiger partial charge in [0, 0.05) is 10.9 Å². The average Bonchev–Trinajstić information content (AvgIpc) is 3.13. The van der Waals surface area contributed by atoms with Crippen LogP contribution >= 0.6 is 0 Å². The Morgan fingerprint density at radius 2 is 1.88 bits per heavy atom. The normalized spacial score (nSPS) is 11.0. The highest BCUT2D eigenvalue weighted by Crippen LogP contribution is 2.31. The maximum Gasteiger partial charge on any atom is 0.357 e. The highest BCUT2D eigenvalue weighted by Gasteiger charge is 2.19. The van der Waals surface area contributed by atoms with E-state index in [1.54, 1.807) is 24.6 Å². The molecule has 26 heavy (non-hydrogen) atoms. The first-order chi connectivity index (χ1) is 12.7. The summed E-state index contributed by atoms with van der Waals surface area (Å²) in [6.07, 6.45) is 0. The quantitative estimate of drug-likeness (QED) is 0.526.